The van der Waals surface area contributed by atoms with Crippen molar-refractivity contribution >= 4 is 29.3 Å². The fourth-order valence-corrected chi connectivity index (χ4v) is 5.93. The third-order valence-corrected chi connectivity index (χ3v) is 7.72. The Hall–Kier alpha value is -3.97. The highest BCUT2D eigenvalue weighted by molar-refractivity contribution is 6.24. The first-order valence-corrected chi connectivity index (χ1v) is 12.5. The molecule has 3 amide bonds. The molecule has 4 atom stereocenters. The normalized spacial score (nSPS) is 26.3. The van der Waals surface area contributed by atoms with Crippen molar-refractivity contribution in [2.75, 3.05) is 20.6 Å². The van der Waals surface area contributed by atoms with Crippen LogP contribution in [-0.4, -0.2) is 81.1 Å². The standard InChI is InChI=1S/C26H31FN4O8/c1-4-5-29-25(38)30-9-11-8-14(27)12-6-10-7-13-18(31(2)3)21(34)17(24(28)37)23(36)26(13,39)22(35)15(10)20(33)16(12)19(11)32/h8,10,13,18,32-33,36,39H,4-7,9H2,1-3H3,(H2,28,37)(H2,29,30,38)/t10-,13-,18-,26-/m0/s1. The Bertz CT molecular complexity index is 1350. The van der Waals surface area contributed by atoms with Gasteiger partial charge in [0.1, 0.15) is 28.7 Å². The Morgan fingerprint density at radius 3 is 2.46 bits per heavy atom. The highest BCUT2D eigenvalue weighted by Crippen LogP contribution is 2.53. The number of nitrogens with one attached hydrogen (secondary N) is 2. The lowest BCUT2D eigenvalue weighted by molar-refractivity contribution is -0.153. The van der Waals surface area contributed by atoms with Gasteiger partial charge in [-0.1, -0.05) is 6.92 Å². The Morgan fingerprint density at radius 1 is 1.21 bits per heavy atom. The van der Waals surface area contributed by atoms with Gasteiger partial charge in [-0.05, 0) is 45.3 Å². The molecule has 3 aliphatic rings. The topological polar surface area (TPSA) is 203 Å². The quantitative estimate of drug-likeness (QED) is 0.245. The number of Topliss-reactive ketones (excluding diaryl/α,β-unsaturated/α-hetero) is 2. The molecule has 4 rings (SSSR count). The molecule has 13 heteroatoms. The summed E-state index contributed by atoms with van der Waals surface area (Å²) in [6, 6.07) is -0.760. The summed E-state index contributed by atoms with van der Waals surface area (Å²) in [7, 11) is 2.98. The van der Waals surface area contributed by atoms with Crippen LogP contribution in [0.1, 0.15) is 36.5 Å². The van der Waals surface area contributed by atoms with Gasteiger partial charge >= 0.3 is 6.03 Å². The Labute approximate surface area is 223 Å². The monoisotopic (exact) mass is 546 g/mol. The fraction of sp³-hybridized carbons (Fsp3) is 0.462. The Kier molecular flexibility index (Phi) is 7.17. The Balaban J connectivity index is 1.83. The maximum Gasteiger partial charge on any atom is 0.315 e. The van der Waals surface area contributed by atoms with E-state index >= 15 is 4.39 Å². The maximum atomic E-state index is 15.3. The number of primary amides is 1. The lowest BCUT2D eigenvalue weighted by Crippen LogP contribution is -2.65. The smallest absolute Gasteiger partial charge is 0.315 e. The van der Waals surface area contributed by atoms with Crippen molar-refractivity contribution in [2.45, 2.75) is 44.4 Å². The first-order valence-electron chi connectivity index (χ1n) is 12.5. The molecule has 1 fully saturated rings. The molecule has 0 radical (unpaired) electrons. The average Bonchev–Trinajstić information content (AvgIpc) is 2.85. The van der Waals surface area contributed by atoms with Crippen LogP contribution in [0.4, 0.5) is 9.18 Å². The molecule has 1 saturated carbocycles. The van der Waals surface area contributed by atoms with Crippen LogP contribution in [0.15, 0.2) is 23.0 Å². The van der Waals surface area contributed by atoms with Crippen molar-refractivity contribution in [1.29, 1.82) is 0 Å². The lowest BCUT2D eigenvalue weighted by atomic mass is 9.57. The molecule has 8 N–H and O–H groups in total. The summed E-state index contributed by atoms with van der Waals surface area (Å²) in [5, 5.41) is 49.6. The number of benzene rings is 1. The van der Waals surface area contributed by atoms with Gasteiger partial charge in [0.15, 0.2) is 11.4 Å². The summed E-state index contributed by atoms with van der Waals surface area (Å²) >= 11 is 0. The van der Waals surface area contributed by atoms with Crippen molar-refractivity contribution in [3.63, 3.8) is 0 Å². The summed E-state index contributed by atoms with van der Waals surface area (Å²) < 4.78 is 15.3. The summed E-state index contributed by atoms with van der Waals surface area (Å²) in [5.74, 6) is -8.91. The molecule has 3 aliphatic carbocycles. The minimum absolute atomic E-state index is 0.0713. The molecule has 0 unspecified atom stereocenters. The number of phenols is 1. The predicted octanol–water partition coefficient (Wildman–Crippen LogP) is 0.312. The van der Waals surface area contributed by atoms with E-state index < -0.39 is 75.6 Å². The van der Waals surface area contributed by atoms with Gasteiger partial charge in [0.25, 0.3) is 5.91 Å². The number of fused-ring (bicyclic) bond motifs is 3. The van der Waals surface area contributed by atoms with Crippen LogP contribution in [0, 0.1) is 17.7 Å². The zero-order valence-corrected chi connectivity index (χ0v) is 21.7. The number of hydrogen-bond donors (Lipinski definition) is 7. The number of carbonyl (C=O) groups excluding carboxylic acids is 4. The average molecular weight is 547 g/mol. The number of nitrogens with zero attached hydrogens (tertiary/aromatic N) is 1. The van der Waals surface area contributed by atoms with Crippen molar-refractivity contribution in [1.82, 2.24) is 15.5 Å². The summed E-state index contributed by atoms with van der Waals surface area (Å²) in [6.45, 7) is 1.96. The second-order valence-electron chi connectivity index (χ2n) is 10.3. The molecular formula is C26H31FN4O8. The van der Waals surface area contributed by atoms with Crippen molar-refractivity contribution < 1.29 is 44.0 Å². The number of hydrogen-bond acceptors (Lipinski definition) is 9. The lowest BCUT2D eigenvalue weighted by Gasteiger charge is -2.50. The van der Waals surface area contributed by atoms with E-state index in [2.05, 4.69) is 10.6 Å². The van der Waals surface area contributed by atoms with E-state index in [1.54, 1.807) is 0 Å². The minimum Gasteiger partial charge on any atom is -0.508 e. The third kappa shape index (κ3) is 4.21. The van der Waals surface area contributed by atoms with Gasteiger partial charge in [-0.2, -0.15) is 0 Å². The number of nitrogens with two attached hydrogens (primary N) is 1. The van der Waals surface area contributed by atoms with E-state index in [0.29, 0.717) is 13.0 Å². The van der Waals surface area contributed by atoms with Gasteiger partial charge in [-0.25, -0.2) is 9.18 Å². The van der Waals surface area contributed by atoms with Crippen LogP contribution < -0.4 is 16.4 Å². The maximum absolute atomic E-state index is 15.3. The molecular weight excluding hydrogens is 515 g/mol. The Morgan fingerprint density at radius 2 is 1.87 bits per heavy atom. The van der Waals surface area contributed by atoms with E-state index in [9.17, 15) is 39.6 Å². The number of likely N-dealkylation sites (N-methyl/N-ethyl adjacent to an activating group) is 1. The van der Waals surface area contributed by atoms with Crippen LogP contribution in [-0.2, 0) is 27.3 Å². The first kappa shape index (κ1) is 28.0. The number of carbonyl (C=O) groups is 4. The molecule has 210 valence electrons. The largest absolute Gasteiger partial charge is 0.508 e. The zero-order chi connectivity index (χ0) is 29.0. The number of amides is 3. The van der Waals surface area contributed by atoms with E-state index in [4.69, 9.17) is 5.73 Å². The van der Waals surface area contributed by atoms with Gasteiger partial charge in [0, 0.05) is 35.7 Å². The molecule has 0 aromatic heterocycles. The second-order valence-corrected chi connectivity index (χ2v) is 10.3. The number of rotatable bonds is 6. The van der Waals surface area contributed by atoms with Crippen LogP contribution in [0.25, 0.3) is 5.76 Å². The highest BCUT2D eigenvalue weighted by atomic mass is 19.1. The van der Waals surface area contributed by atoms with E-state index in [1.165, 1.54) is 19.0 Å². The number of phenolic OH excluding ortho intramolecular Hbond substituents is 1. The fourth-order valence-electron chi connectivity index (χ4n) is 5.93. The van der Waals surface area contributed by atoms with Crippen LogP contribution in [0.5, 0.6) is 5.75 Å². The predicted molar refractivity (Wildman–Crippen MR) is 135 cm³/mol. The van der Waals surface area contributed by atoms with Crippen molar-refractivity contribution in [2.24, 2.45) is 17.6 Å². The number of halogens is 1. The number of ketones is 2. The molecule has 39 heavy (non-hydrogen) atoms. The summed E-state index contributed by atoms with van der Waals surface area (Å²) in [4.78, 5) is 52.2. The number of aliphatic hydroxyl groups is 3. The molecule has 1 aromatic carbocycles. The van der Waals surface area contributed by atoms with Gasteiger partial charge in [0.2, 0.25) is 5.78 Å². The summed E-state index contributed by atoms with van der Waals surface area (Å²) in [6.07, 6.45) is 0.372. The molecule has 0 bridgehead atoms. The van der Waals surface area contributed by atoms with E-state index in [0.717, 1.165) is 6.07 Å². The summed E-state index contributed by atoms with van der Waals surface area (Å²) in [5.41, 5.74) is 0.680. The zero-order valence-electron chi connectivity index (χ0n) is 21.7. The van der Waals surface area contributed by atoms with Crippen molar-refractivity contribution in [3.05, 3.63) is 45.5 Å². The van der Waals surface area contributed by atoms with E-state index in [1.807, 2.05) is 6.92 Å². The van der Waals surface area contributed by atoms with Crippen molar-refractivity contribution in [3.8, 4) is 5.75 Å². The van der Waals surface area contributed by atoms with Crippen LogP contribution in [0.2, 0.25) is 0 Å². The third-order valence-electron chi connectivity index (χ3n) is 7.72. The second kappa shape index (κ2) is 9.97. The van der Waals surface area contributed by atoms with Crippen LogP contribution >= 0.6 is 0 Å². The van der Waals surface area contributed by atoms with E-state index in [-0.39, 0.29) is 41.6 Å². The molecule has 0 heterocycles. The molecule has 0 aliphatic heterocycles. The molecule has 12 nitrogen and oxygen atoms in total. The van der Waals surface area contributed by atoms with Gasteiger partial charge in [-0.3, -0.25) is 19.3 Å². The molecule has 0 spiro atoms. The minimum atomic E-state index is -2.78. The number of urea groups is 1. The molecule has 0 saturated heterocycles. The first-order chi connectivity index (χ1) is 18.3. The van der Waals surface area contributed by atoms with Gasteiger partial charge in [-0.15, -0.1) is 0 Å². The van der Waals surface area contributed by atoms with Crippen LogP contribution in [0.3, 0.4) is 0 Å². The van der Waals surface area contributed by atoms with Gasteiger partial charge < -0.3 is 36.8 Å². The SMILES string of the molecule is CCCNC(=O)NCc1cc(F)c2c(c1O)C(O)=C1C(=O)[C@]3(O)C(O)=C(C(N)=O)C(=O)[C@@H](N(C)C)[C@@H]3C[C@@H]1C2. The highest BCUT2D eigenvalue weighted by Gasteiger charge is 2.64. The molecule has 1 aromatic rings. The number of aliphatic hydroxyl groups excluding tert-OH is 2. The number of aromatic hydroxyl groups is 1. The van der Waals surface area contributed by atoms with Gasteiger partial charge in [0.05, 0.1) is 11.6 Å².